The molecule has 0 spiro atoms. The minimum absolute atomic E-state index is 0.641. The highest BCUT2D eigenvalue weighted by atomic mass is 35.5. The van der Waals surface area contributed by atoms with Gasteiger partial charge in [0.1, 0.15) is 5.75 Å². The largest absolute Gasteiger partial charge is 0.460 e. The Hall–Kier alpha value is -0.660. The number of hydrogen-bond acceptors (Lipinski definition) is 1. The summed E-state index contributed by atoms with van der Waals surface area (Å²) in [4.78, 5) is 0. The Balaban J connectivity index is 2.89. The quantitative estimate of drug-likeness (QED) is 0.683. The minimum Gasteiger partial charge on any atom is -0.460 e. The van der Waals surface area contributed by atoms with E-state index in [9.17, 15) is 0 Å². The van der Waals surface area contributed by atoms with Crippen molar-refractivity contribution < 1.29 is 4.74 Å². The molecular weight excluding hydrogens is 195 g/mol. The SMILES string of the molecule is C=Cc1ccccc1OC(Cl)Cl. The first-order valence-corrected chi connectivity index (χ1v) is 4.27. The summed E-state index contributed by atoms with van der Waals surface area (Å²) in [5.41, 5.74) is 0.879. The Morgan fingerprint density at radius 1 is 1.33 bits per heavy atom. The summed E-state index contributed by atoms with van der Waals surface area (Å²) < 4.78 is 5.10. The summed E-state index contributed by atoms with van der Waals surface area (Å²) in [6.07, 6.45) is 1.69. The molecule has 0 aliphatic rings. The molecule has 1 aromatic carbocycles. The van der Waals surface area contributed by atoms with Crippen LogP contribution in [0.1, 0.15) is 5.56 Å². The molecule has 0 atom stereocenters. The van der Waals surface area contributed by atoms with Gasteiger partial charge in [-0.15, -0.1) is 0 Å². The van der Waals surface area contributed by atoms with Gasteiger partial charge in [-0.1, -0.05) is 54.1 Å². The number of halogens is 2. The number of hydrogen-bond donors (Lipinski definition) is 0. The maximum atomic E-state index is 5.45. The molecule has 0 aliphatic heterocycles. The molecule has 0 radical (unpaired) electrons. The van der Waals surface area contributed by atoms with E-state index in [1.165, 1.54) is 0 Å². The maximum Gasteiger partial charge on any atom is 0.247 e. The van der Waals surface area contributed by atoms with Crippen LogP contribution in [0.25, 0.3) is 6.08 Å². The molecule has 12 heavy (non-hydrogen) atoms. The van der Waals surface area contributed by atoms with Crippen LogP contribution in [-0.2, 0) is 0 Å². The third-order valence-corrected chi connectivity index (χ3v) is 1.53. The van der Waals surface area contributed by atoms with Gasteiger partial charge in [-0.3, -0.25) is 0 Å². The van der Waals surface area contributed by atoms with Crippen molar-refractivity contribution in [2.45, 2.75) is 5.02 Å². The number of para-hydroxylation sites is 1. The maximum absolute atomic E-state index is 5.45. The predicted octanol–water partition coefficient (Wildman–Crippen LogP) is 3.47. The second-order valence-electron chi connectivity index (χ2n) is 2.12. The molecule has 3 heteroatoms. The minimum atomic E-state index is -0.842. The topological polar surface area (TPSA) is 9.23 Å². The smallest absolute Gasteiger partial charge is 0.247 e. The highest BCUT2D eigenvalue weighted by Crippen LogP contribution is 2.21. The van der Waals surface area contributed by atoms with Crippen molar-refractivity contribution in [3.05, 3.63) is 36.4 Å². The molecule has 0 heterocycles. The Bertz CT molecular complexity index is 271. The average molecular weight is 203 g/mol. The standard InChI is InChI=1S/C9H8Cl2O/c1-2-7-5-3-4-6-8(7)12-9(10)11/h2-6,9H,1H2. The Kier molecular flexibility index (Phi) is 3.45. The lowest BCUT2D eigenvalue weighted by molar-refractivity contribution is 0.353. The molecule has 1 nitrogen and oxygen atoms in total. The number of rotatable bonds is 3. The van der Waals surface area contributed by atoms with Crippen molar-refractivity contribution in [3.63, 3.8) is 0 Å². The van der Waals surface area contributed by atoms with Crippen molar-refractivity contribution in [2.75, 3.05) is 0 Å². The zero-order valence-electron chi connectivity index (χ0n) is 6.34. The third kappa shape index (κ3) is 2.43. The van der Waals surface area contributed by atoms with E-state index in [1.807, 2.05) is 18.2 Å². The molecule has 0 amide bonds. The summed E-state index contributed by atoms with van der Waals surface area (Å²) in [6.45, 7) is 3.63. The molecular formula is C9H8Cl2O. The van der Waals surface area contributed by atoms with E-state index in [1.54, 1.807) is 12.1 Å². The first kappa shape index (κ1) is 9.43. The van der Waals surface area contributed by atoms with E-state index in [0.29, 0.717) is 5.75 Å². The van der Waals surface area contributed by atoms with Gasteiger partial charge >= 0.3 is 0 Å². The van der Waals surface area contributed by atoms with Crippen LogP contribution in [0.3, 0.4) is 0 Å². The molecule has 0 aliphatic carbocycles. The van der Waals surface area contributed by atoms with E-state index >= 15 is 0 Å². The van der Waals surface area contributed by atoms with E-state index < -0.39 is 5.02 Å². The number of benzene rings is 1. The fourth-order valence-corrected chi connectivity index (χ4v) is 1.04. The van der Waals surface area contributed by atoms with Crippen LogP contribution < -0.4 is 4.74 Å². The van der Waals surface area contributed by atoms with Crippen molar-refractivity contribution >= 4 is 29.3 Å². The van der Waals surface area contributed by atoms with Gasteiger partial charge in [-0.05, 0) is 6.07 Å². The van der Waals surface area contributed by atoms with E-state index in [2.05, 4.69) is 6.58 Å². The summed E-state index contributed by atoms with van der Waals surface area (Å²) >= 11 is 10.9. The van der Waals surface area contributed by atoms with Gasteiger partial charge in [0.15, 0.2) is 0 Å². The second kappa shape index (κ2) is 4.39. The molecule has 0 bridgehead atoms. The van der Waals surface area contributed by atoms with Crippen molar-refractivity contribution in [3.8, 4) is 5.75 Å². The molecule has 64 valence electrons. The molecule has 0 aromatic heterocycles. The Labute approximate surface area is 81.6 Å². The van der Waals surface area contributed by atoms with Crippen molar-refractivity contribution in [1.29, 1.82) is 0 Å². The summed E-state index contributed by atoms with van der Waals surface area (Å²) in [5.74, 6) is 0.641. The average Bonchev–Trinajstić information content (AvgIpc) is 2.04. The lowest BCUT2D eigenvalue weighted by atomic mass is 10.2. The van der Waals surface area contributed by atoms with Gasteiger partial charge in [0.2, 0.25) is 5.02 Å². The van der Waals surface area contributed by atoms with Crippen LogP contribution in [-0.4, -0.2) is 5.02 Å². The highest BCUT2D eigenvalue weighted by molar-refractivity contribution is 6.43. The molecule has 0 N–H and O–H groups in total. The summed E-state index contributed by atoms with van der Waals surface area (Å²) in [7, 11) is 0. The van der Waals surface area contributed by atoms with Gasteiger partial charge in [0, 0.05) is 5.56 Å². The molecule has 0 fully saturated rings. The van der Waals surface area contributed by atoms with Crippen LogP contribution >= 0.6 is 23.2 Å². The van der Waals surface area contributed by atoms with Crippen molar-refractivity contribution in [1.82, 2.24) is 0 Å². The van der Waals surface area contributed by atoms with E-state index in [-0.39, 0.29) is 0 Å². The zero-order chi connectivity index (χ0) is 8.97. The van der Waals surface area contributed by atoms with Gasteiger partial charge in [-0.2, -0.15) is 0 Å². The molecule has 0 saturated carbocycles. The normalized spacial score (nSPS) is 9.92. The number of ether oxygens (including phenoxy) is 1. The van der Waals surface area contributed by atoms with Gasteiger partial charge in [0.05, 0.1) is 0 Å². The summed E-state index contributed by atoms with van der Waals surface area (Å²) in [5, 5.41) is -0.842. The first-order chi connectivity index (χ1) is 5.74. The lowest BCUT2D eigenvalue weighted by Crippen LogP contribution is -2.00. The van der Waals surface area contributed by atoms with Gasteiger partial charge < -0.3 is 4.74 Å². The fraction of sp³-hybridized carbons (Fsp3) is 0.111. The first-order valence-electron chi connectivity index (χ1n) is 3.40. The molecule has 0 unspecified atom stereocenters. The van der Waals surface area contributed by atoms with Crippen LogP contribution in [0.4, 0.5) is 0 Å². The predicted molar refractivity (Wildman–Crippen MR) is 52.7 cm³/mol. The highest BCUT2D eigenvalue weighted by Gasteiger charge is 2.03. The molecule has 0 saturated heterocycles. The number of alkyl halides is 2. The van der Waals surface area contributed by atoms with Crippen LogP contribution in [0.15, 0.2) is 30.8 Å². The van der Waals surface area contributed by atoms with E-state index in [4.69, 9.17) is 27.9 Å². The third-order valence-electron chi connectivity index (χ3n) is 1.35. The summed E-state index contributed by atoms with van der Waals surface area (Å²) in [6, 6.07) is 7.40. The monoisotopic (exact) mass is 202 g/mol. The van der Waals surface area contributed by atoms with E-state index in [0.717, 1.165) is 5.56 Å². The fourth-order valence-electron chi connectivity index (χ4n) is 0.852. The molecule has 1 rings (SSSR count). The van der Waals surface area contributed by atoms with Crippen LogP contribution in [0.2, 0.25) is 0 Å². The van der Waals surface area contributed by atoms with Crippen molar-refractivity contribution in [2.24, 2.45) is 0 Å². The Morgan fingerprint density at radius 3 is 2.58 bits per heavy atom. The zero-order valence-corrected chi connectivity index (χ0v) is 7.85. The van der Waals surface area contributed by atoms with Gasteiger partial charge in [-0.25, -0.2) is 0 Å². The second-order valence-corrected chi connectivity index (χ2v) is 3.14. The Morgan fingerprint density at radius 2 is 2.00 bits per heavy atom. The van der Waals surface area contributed by atoms with Crippen LogP contribution in [0, 0.1) is 0 Å². The molecule has 1 aromatic rings. The lowest BCUT2D eigenvalue weighted by Gasteiger charge is -2.08. The van der Waals surface area contributed by atoms with Gasteiger partial charge in [0.25, 0.3) is 0 Å². The van der Waals surface area contributed by atoms with Crippen LogP contribution in [0.5, 0.6) is 5.75 Å².